The summed E-state index contributed by atoms with van der Waals surface area (Å²) in [5.74, 6) is -2.07. The van der Waals surface area contributed by atoms with Crippen LogP contribution >= 0.6 is 15.9 Å². The van der Waals surface area contributed by atoms with Gasteiger partial charge in [0.1, 0.15) is 10.1 Å². The number of nitrogens with zero attached hydrogens (tertiary/aromatic N) is 1. The van der Waals surface area contributed by atoms with E-state index in [1.807, 2.05) is 0 Å². The molecule has 1 aromatic rings. The summed E-state index contributed by atoms with van der Waals surface area (Å²) >= 11 is 3.25. The van der Waals surface area contributed by atoms with Gasteiger partial charge in [0.15, 0.2) is 0 Å². The molecule has 0 saturated carbocycles. The van der Waals surface area contributed by atoms with Crippen LogP contribution in [0.2, 0.25) is 0 Å². The number of hydroxylamine groups is 2. The predicted octanol–water partition coefficient (Wildman–Crippen LogP) is 2.77. The number of imide groups is 1. The minimum absolute atomic E-state index is 0.0139. The van der Waals surface area contributed by atoms with Gasteiger partial charge in [0.05, 0.1) is 5.41 Å². The van der Waals surface area contributed by atoms with E-state index in [0.717, 1.165) is 0 Å². The van der Waals surface area contributed by atoms with E-state index < -0.39 is 33.5 Å². The van der Waals surface area contributed by atoms with Crippen LogP contribution in [0.1, 0.15) is 40.0 Å². The molecule has 0 spiro atoms. The van der Waals surface area contributed by atoms with Crippen molar-refractivity contribution in [3.8, 4) is 5.75 Å². The van der Waals surface area contributed by atoms with Crippen LogP contribution in [0.25, 0.3) is 0 Å². The van der Waals surface area contributed by atoms with Crippen LogP contribution in [-0.4, -0.2) is 33.1 Å². The summed E-state index contributed by atoms with van der Waals surface area (Å²) in [6.45, 7) is 4.78. The molecule has 0 radical (unpaired) electrons. The molecule has 1 heterocycles. The molecule has 1 unspecified atom stereocenters. The summed E-state index contributed by atoms with van der Waals surface area (Å²) in [6.07, 6.45) is 0.0563. The Bertz CT molecular complexity index is 712. The molecule has 1 saturated heterocycles. The van der Waals surface area contributed by atoms with Crippen LogP contribution in [0, 0.1) is 5.41 Å². The first-order valence-electron chi connectivity index (χ1n) is 8.07. The number of hydrogen-bond donors (Lipinski definition) is 0. The van der Waals surface area contributed by atoms with Gasteiger partial charge in [0, 0.05) is 12.8 Å². The molecule has 1 aromatic carbocycles. The van der Waals surface area contributed by atoms with Crippen LogP contribution in [-0.2, 0) is 24.0 Å². The van der Waals surface area contributed by atoms with Gasteiger partial charge < -0.3 is 9.57 Å². The monoisotopic (exact) mass is 425 g/mol. The topological polar surface area (TPSA) is 90.0 Å². The van der Waals surface area contributed by atoms with Crippen LogP contribution in [0.3, 0.4) is 0 Å². The Morgan fingerprint density at radius 2 is 1.58 bits per heavy atom. The van der Waals surface area contributed by atoms with Crippen molar-refractivity contribution >= 4 is 39.7 Å². The number of halogens is 1. The number of esters is 1. The zero-order chi connectivity index (χ0) is 19.5. The van der Waals surface area contributed by atoms with Crippen LogP contribution in [0.5, 0.6) is 5.75 Å². The first-order chi connectivity index (χ1) is 12.0. The Hall–Kier alpha value is -2.22. The third-order valence-electron chi connectivity index (χ3n) is 3.89. The lowest BCUT2D eigenvalue weighted by Gasteiger charge is -2.30. The largest absolute Gasteiger partial charge is 0.426 e. The highest BCUT2D eigenvalue weighted by Crippen LogP contribution is 2.36. The van der Waals surface area contributed by atoms with Gasteiger partial charge in [-0.25, -0.2) is 4.79 Å². The van der Waals surface area contributed by atoms with Crippen molar-refractivity contribution in [3.63, 3.8) is 0 Å². The van der Waals surface area contributed by atoms with E-state index in [1.54, 1.807) is 44.2 Å². The molecule has 8 heteroatoms. The number of ether oxygens (including phenoxy) is 1. The Balaban J connectivity index is 2.03. The Labute approximate surface area is 159 Å². The second-order valence-corrected chi connectivity index (χ2v) is 8.67. The lowest BCUT2D eigenvalue weighted by Crippen LogP contribution is -2.44. The number of para-hydroxylation sites is 1. The highest BCUT2D eigenvalue weighted by Gasteiger charge is 2.45. The number of carbonyl (C=O) groups excluding carboxylic acids is 4. The van der Waals surface area contributed by atoms with E-state index in [9.17, 15) is 19.2 Å². The second kappa shape index (κ2) is 7.57. The van der Waals surface area contributed by atoms with Gasteiger partial charge >= 0.3 is 11.9 Å². The summed E-state index contributed by atoms with van der Waals surface area (Å²) in [5, 5.41) is 0.483. The van der Waals surface area contributed by atoms with Gasteiger partial charge in [-0.2, -0.15) is 0 Å². The van der Waals surface area contributed by atoms with E-state index in [2.05, 4.69) is 15.9 Å². The third-order valence-corrected chi connectivity index (χ3v) is 4.49. The van der Waals surface area contributed by atoms with Crippen LogP contribution in [0.15, 0.2) is 30.3 Å². The number of alkyl halides is 1. The second-order valence-electron chi connectivity index (χ2n) is 6.92. The molecule has 0 bridgehead atoms. The Kier molecular flexibility index (Phi) is 5.85. The van der Waals surface area contributed by atoms with Crippen molar-refractivity contribution in [2.24, 2.45) is 5.41 Å². The van der Waals surface area contributed by atoms with E-state index in [4.69, 9.17) is 9.57 Å². The van der Waals surface area contributed by atoms with Gasteiger partial charge in [-0.15, -0.1) is 5.06 Å². The predicted molar refractivity (Wildman–Crippen MR) is 95.0 cm³/mol. The minimum atomic E-state index is -1.30. The van der Waals surface area contributed by atoms with Gasteiger partial charge in [-0.1, -0.05) is 34.1 Å². The number of amides is 2. The van der Waals surface area contributed by atoms with Crippen molar-refractivity contribution in [1.82, 2.24) is 5.06 Å². The average molecular weight is 426 g/mol. The molecule has 140 valence electrons. The number of rotatable bonds is 6. The minimum Gasteiger partial charge on any atom is -0.426 e. The quantitative estimate of drug-likeness (QED) is 0.301. The SMILES string of the molecule is CC(C)(CC(C)(Br)C(=O)ON1C(=O)CCC1=O)C(=O)Oc1ccccc1. The molecule has 2 rings (SSSR count). The van der Waals surface area contributed by atoms with E-state index in [0.29, 0.717) is 10.8 Å². The van der Waals surface area contributed by atoms with Crippen molar-refractivity contribution in [1.29, 1.82) is 0 Å². The maximum atomic E-state index is 12.5. The van der Waals surface area contributed by atoms with Crippen LogP contribution in [0.4, 0.5) is 0 Å². The Morgan fingerprint density at radius 3 is 2.12 bits per heavy atom. The molecule has 7 nitrogen and oxygen atoms in total. The number of hydrogen-bond acceptors (Lipinski definition) is 6. The molecule has 26 heavy (non-hydrogen) atoms. The fraction of sp³-hybridized carbons (Fsp3) is 0.444. The van der Waals surface area contributed by atoms with Gasteiger partial charge in [0.2, 0.25) is 0 Å². The lowest BCUT2D eigenvalue weighted by atomic mass is 9.83. The van der Waals surface area contributed by atoms with E-state index >= 15 is 0 Å². The van der Waals surface area contributed by atoms with Crippen molar-refractivity contribution in [3.05, 3.63) is 30.3 Å². The fourth-order valence-electron chi connectivity index (χ4n) is 2.54. The maximum Gasteiger partial charge on any atom is 0.349 e. The highest BCUT2D eigenvalue weighted by molar-refractivity contribution is 9.10. The fourth-order valence-corrected chi connectivity index (χ4v) is 3.32. The highest BCUT2D eigenvalue weighted by atomic mass is 79.9. The first kappa shape index (κ1) is 20.1. The summed E-state index contributed by atoms with van der Waals surface area (Å²) in [5.41, 5.74) is -1.04. The smallest absolute Gasteiger partial charge is 0.349 e. The van der Waals surface area contributed by atoms with Gasteiger partial charge in [-0.3, -0.25) is 14.4 Å². The summed E-state index contributed by atoms with van der Waals surface area (Å²) in [6, 6.07) is 8.59. The molecule has 1 aliphatic rings. The standard InChI is InChI=1S/C18H20BrNO6/c1-17(2,15(23)25-12-7-5-4-6-8-12)11-18(3,19)16(24)26-20-13(21)9-10-14(20)22/h4-8H,9-11H2,1-3H3. The summed E-state index contributed by atoms with van der Waals surface area (Å²) in [4.78, 5) is 53.0. The molecule has 0 aliphatic carbocycles. The van der Waals surface area contributed by atoms with E-state index in [1.165, 1.54) is 6.92 Å². The molecule has 0 N–H and O–H groups in total. The third kappa shape index (κ3) is 4.69. The number of carbonyl (C=O) groups is 4. The van der Waals surface area contributed by atoms with Crippen molar-refractivity contribution in [2.75, 3.05) is 0 Å². The zero-order valence-electron chi connectivity index (χ0n) is 14.8. The zero-order valence-corrected chi connectivity index (χ0v) is 16.4. The van der Waals surface area contributed by atoms with Crippen molar-refractivity contribution < 1.29 is 28.8 Å². The Morgan fingerprint density at radius 1 is 1.04 bits per heavy atom. The maximum absolute atomic E-state index is 12.5. The van der Waals surface area contributed by atoms with E-state index in [-0.39, 0.29) is 19.3 Å². The summed E-state index contributed by atoms with van der Waals surface area (Å²) < 4.78 is 4.05. The molecular weight excluding hydrogens is 406 g/mol. The molecule has 1 fully saturated rings. The first-order valence-corrected chi connectivity index (χ1v) is 8.87. The van der Waals surface area contributed by atoms with Crippen LogP contribution < -0.4 is 4.74 Å². The van der Waals surface area contributed by atoms with Crippen molar-refractivity contribution in [2.45, 2.75) is 44.4 Å². The molecule has 0 aromatic heterocycles. The average Bonchev–Trinajstić information content (AvgIpc) is 2.86. The molecule has 1 atom stereocenters. The normalized spacial score (nSPS) is 17.0. The summed E-state index contributed by atoms with van der Waals surface area (Å²) in [7, 11) is 0. The molecule has 2 amide bonds. The van der Waals surface area contributed by atoms with Gasteiger partial charge in [-0.05, 0) is 39.3 Å². The lowest BCUT2D eigenvalue weighted by molar-refractivity contribution is -0.199. The molecular formula is C18H20BrNO6. The van der Waals surface area contributed by atoms with Gasteiger partial charge in [0.25, 0.3) is 11.8 Å². The number of benzene rings is 1. The molecule has 1 aliphatic heterocycles.